The van der Waals surface area contributed by atoms with E-state index >= 15 is 0 Å². The van der Waals surface area contributed by atoms with Gasteiger partial charge in [-0.05, 0) is 69.0 Å². The number of aryl methyl sites for hydroxylation is 3. The van der Waals surface area contributed by atoms with Gasteiger partial charge >= 0.3 is 6.18 Å². The van der Waals surface area contributed by atoms with Gasteiger partial charge in [0.2, 0.25) is 0 Å². The molecule has 9 heteroatoms. The molecule has 0 saturated carbocycles. The molecule has 1 atom stereocenters. The second kappa shape index (κ2) is 11.8. The van der Waals surface area contributed by atoms with Crippen molar-refractivity contribution in [1.82, 2.24) is 9.88 Å². The molecule has 192 valence electrons. The second-order valence-corrected chi connectivity index (χ2v) is 8.77. The Hall–Kier alpha value is -2.78. The molecule has 0 spiro atoms. The van der Waals surface area contributed by atoms with E-state index in [1.165, 1.54) is 22.0 Å². The van der Waals surface area contributed by atoms with Crippen LogP contribution in [0.1, 0.15) is 30.2 Å². The quantitative estimate of drug-likeness (QED) is 0.263. The van der Waals surface area contributed by atoms with Crippen molar-refractivity contribution >= 4 is 10.9 Å². The maximum atomic E-state index is 13.5. The number of nitrogens with one attached hydrogen (secondary N) is 1. The van der Waals surface area contributed by atoms with E-state index in [0.29, 0.717) is 13.0 Å². The van der Waals surface area contributed by atoms with Crippen LogP contribution < -0.4 is 14.8 Å². The fourth-order valence-electron chi connectivity index (χ4n) is 4.24. The molecule has 0 amide bonds. The maximum absolute atomic E-state index is 13.5. The molecule has 35 heavy (non-hydrogen) atoms. The molecular weight excluding hydrogens is 464 g/mol. The van der Waals surface area contributed by atoms with Crippen LogP contribution in [-0.2, 0) is 13.0 Å². The Morgan fingerprint density at radius 2 is 1.83 bits per heavy atom. The van der Waals surface area contributed by atoms with E-state index in [1.54, 1.807) is 0 Å². The number of fused-ring (bicyclic) bond motifs is 1. The van der Waals surface area contributed by atoms with Crippen molar-refractivity contribution in [3.05, 3.63) is 59.0 Å². The summed E-state index contributed by atoms with van der Waals surface area (Å²) < 4.78 is 63.4. The summed E-state index contributed by atoms with van der Waals surface area (Å²) in [6.45, 7) is 6.22. The summed E-state index contributed by atoms with van der Waals surface area (Å²) in [6.07, 6.45) is -3.01. The third kappa shape index (κ3) is 7.60. The van der Waals surface area contributed by atoms with E-state index in [2.05, 4.69) is 41.9 Å². The van der Waals surface area contributed by atoms with Crippen LogP contribution in [0.2, 0.25) is 0 Å². The van der Waals surface area contributed by atoms with E-state index < -0.39 is 18.6 Å². The number of hydrogen-bond acceptors (Lipinski definition) is 4. The number of ether oxygens (including phenoxy) is 2. The van der Waals surface area contributed by atoms with Gasteiger partial charge in [-0.2, -0.15) is 13.2 Å². The molecule has 0 saturated heterocycles. The molecule has 0 aliphatic carbocycles. The normalized spacial score (nSPS) is 12.8. The van der Waals surface area contributed by atoms with Crippen molar-refractivity contribution in [2.24, 2.45) is 0 Å². The number of rotatable bonds is 12. The molecule has 3 rings (SSSR count). The molecule has 2 aromatic carbocycles. The van der Waals surface area contributed by atoms with Crippen molar-refractivity contribution in [3.8, 4) is 11.5 Å². The minimum atomic E-state index is -4.50. The van der Waals surface area contributed by atoms with Gasteiger partial charge in [0.05, 0.1) is 5.52 Å². The number of aliphatic hydroxyl groups excluding tert-OH is 1. The first-order valence-corrected chi connectivity index (χ1v) is 11.6. The lowest BCUT2D eigenvalue weighted by atomic mass is 10.0. The highest BCUT2D eigenvalue weighted by Crippen LogP contribution is 2.30. The van der Waals surface area contributed by atoms with Crippen LogP contribution in [0.25, 0.3) is 10.9 Å². The van der Waals surface area contributed by atoms with E-state index in [1.807, 2.05) is 6.92 Å². The lowest BCUT2D eigenvalue weighted by molar-refractivity contribution is -0.153. The van der Waals surface area contributed by atoms with Crippen LogP contribution in [0, 0.1) is 19.7 Å². The predicted molar refractivity (Wildman–Crippen MR) is 128 cm³/mol. The van der Waals surface area contributed by atoms with E-state index in [4.69, 9.17) is 9.47 Å². The third-order valence-electron chi connectivity index (χ3n) is 5.68. The van der Waals surface area contributed by atoms with Gasteiger partial charge in [-0.1, -0.05) is 6.07 Å². The van der Waals surface area contributed by atoms with Gasteiger partial charge in [-0.15, -0.1) is 0 Å². The summed E-state index contributed by atoms with van der Waals surface area (Å²) in [7, 11) is 0. The van der Waals surface area contributed by atoms with Crippen LogP contribution in [0.5, 0.6) is 11.5 Å². The van der Waals surface area contributed by atoms with Crippen molar-refractivity contribution in [2.45, 2.75) is 52.4 Å². The average molecular weight is 497 g/mol. The van der Waals surface area contributed by atoms with Crippen LogP contribution in [0.4, 0.5) is 17.6 Å². The fourth-order valence-corrected chi connectivity index (χ4v) is 4.24. The largest absolute Gasteiger partial charge is 0.488 e. The molecule has 0 radical (unpaired) electrons. The Kier molecular flexibility index (Phi) is 9.02. The second-order valence-electron chi connectivity index (χ2n) is 8.77. The number of hydrogen-bond donors (Lipinski definition) is 2. The number of aromatic nitrogens is 1. The summed E-state index contributed by atoms with van der Waals surface area (Å²) in [5.74, 6) is -0.834. The smallest absolute Gasteiger partial charge is 0.422 e. The molecule has 0 fully saturated rings. The minimum Gasteiger partial charge on any atom is -0.488 e. The summed E-state index contributed by atoms with van der Waals surface area (Å²) in [6, 6.07) is 9.79. The predicted octanol–water partition coefficient (Wildman–Crippen LogP) is 5.32. The first-order valence-electron chi connectivity index (χ1n) is 11.6. The highest BCUT2D eigenvalue weighted by atomic mass is 19.4. The highest BCUT2D eigenvalue weighted by molar-refractivity contribution is 5.85. The molecule has 1 heterocycles. The number of alkyl halides is 3. The first kappa shape index (κ1) is 26.8. The highest BCUT2D eigenvalue weighted by Gasteiger charge is 2.29. The van der Waals surface area contributed by atoms with Gasteiger partial charge in [-0.3, -0.25) is 0 Å². The topological polar surface area (TPSA) is 55.7 Å². The Balaban J connectivity index is 1.55. The lowest BCUT2D eigenvalue weighted by Crippen LogP contribution is -2.32. The molecule has 5 nitrogen and oxygen atoms in total. The van der Waals surface area contributed by atoms with Gasteiger partial charge in [0.1, 0.15) is 12.4 Å². The summed E-state index contributed by atoms with van der Waals surface area (Å²) in [4.78, 5) is 0. The monoisotopic (exact) mass is 496 g/mol. The van der Waals surface area contributed by atoms with Crippen molar-refractivity contribution < 1.29 is 32.1 Å². The maximum Gasteiger partial charge on any atom is 0.422 e. The zero-order chi connectivity index (χ0) is 25.6. The van der Waals surface area contributed by atoms with Crippen molar-refractivity contribution in [3.63, 3.8) is 0 Å². The van der Waals surface area contributed by atoms with Crippen LogP contribution in [0.3, 0.4) is 0 Å². The molecule has 2 N–H and O–H groups in total. The van der Waals surface area contributed by atoms with Gasteiger partial charge in [-0.25, -0.2) is 4.39 Å². The van der Waals surface area contributed by atoms with Gasteiger partial charge < -0.3 is 24.5 Å². The summed E-state index contributed by atoms with van der Waals surface area (Å²) in [5, 5.41) is 13.7. The molecule has 0 aliphatic rings. The average Bonchev–Trinajstić information content (AvgIpc) is 3.09. The van der Waals surface area contributed by atoms with E-state index in [9.17, 15) is 22.7 Å². The number of aliphatic hydroxyl groups is 1. The van der Waals surface area contributed by atoms with Crippen molar-refractivity contribution in [2.75, 3.05) is 26.4 Å². The summed E-state index contributed by atoms with van der Waals surface area (Å²) in [5.41, 5.74) is 4.71. The van der Waals surface area contributed by atoms with Crippen LogP contribution >= 0.6 is 0 Å². The van der Waals surface area contributed by atoms with E-state index in [0.717, 1.165) is 36.9 Å². The minimum absolute atomic E-state index is 0.0640. The molecule has 3 aromatic rings. The molecule has 1 aromatic heterocycles. The van der Waals surface area contributed by atoms with Crippen molar-refractivity contribution in [1.29, 1.82) is 0 Å². The number of nitrogens with zero attached hydrogens (tertiary/aromatic N) is 1. The molecular formula is C26H32F4N2O3. The standard InChI is InChI=1S/C26H32F4N2O3/c1-17-11-20(14-21-13-19(3)32(25(17)21)8-4-9-33)12-18(2)31-7-10-34-24-15-22(27)5-6-23(24)35-16-26(28,29)30/h5-6,11,13-15,18,31,33H,4,7-10,12,16H2,1-3H3. The molecule has 1 unspecified atom stereocenters. The first-order chi connectivity index (χ1) is 16.6. The van der Waals surface area contributed by atoms with Crippen LogP contribution in [-0.4, -0.2) is 48.3 Å². The zero-order valence-electron chi connectivity index (χ0n) is 20.2. The number of halogens is 4. The SMILES string of the molecule is Cc1cc(CC(C)NCCOc2cc(F)ccc2OCC(F)(F)F)cc2cc(C)n(CCCO)c12. The third-order valence-corrected chi connectivity index (χ3v) is 5.68. The Labute approximate surface area is 202 Å². The van der Waals surface area contributed by atoms with Crippen LogP contribution in [0.15, 0.2) is 36.4 Å². The van der Waals surface area contributed by atoms with E-state index in [-0.39, 0.29) is 30.8 Å². The fraction of sp³-hybridized carbons (Fsp3) is 0.462. The van der Waals surface area contributed by atoms with Gasteiger partial charge in [0.25, 0.3) is 0 Å². The number of benzene rings is 2. The lowest BCUT2D eigenvalue weighted by Gasteiger charge is -2.17. The Morgan fingerprint density at radius 3 is 2.54 bits per heavy atom. The summed E-state index contributed by atoms with van der Waals surface area (Å²) >= 11 is 0. The Morgan fingerprint density at radius 1 is 1.06 bits per heavy atom. The Bertz CT molecular complexity index is 1130. The zero-order valence-corrected chi connectivity index (χ0v) is 20.2. The molecule has 0 bridgehead atoms. The van der Waals surface area contributed by atoms with Gasteiger partial charge in [0.15, 0.2) is 18.1 Å². The molecule has 0 aliphatic heterocycles. The van der Waals surface area contributed by atoms with Gasteiger partial charge in [0, 0.05) is 42.9 Å².